The van der Waals surface area contributed by atoms with Gasteiger partial charge in [-0.05, 0) is 18.6 Å². The quantitative estimate of drug-likeness (QED) is 0.775. The number of fused-ring (bicyclic) bond motifs is 1. The molecule has 0 atom stereocenters. The number of allylic oxidation sites excluding steroid dienone is 1. The molecule has 2 aromatic heterocycles. The minimum atomic E-state index is 0.804. The summed E-state index contributed by atoms with van der Waals surface area (Å²) in [6.45, 7) is 2.87. The lowest BCUT2D eigenvalue weighted by atomic mass is 10.00. The van der Waals surface area contributed by atoms with Crippen LogP contribution in [0.2, 0.25) is 0 Å². The Morgan fingerprint density at radius 2 is 2.04 bits per heavy atom. The first kappa shape index (κ1) is 15.4. The van der Waals surface area contributed by atoms with Gasteiger partial charge in [-0.15, -0.1) is 0 Å². The van der Waals surface area contributed by atoms with Crippen molar-refractivity contribution in [1.29, 1.82) is 0 Å². The number of aromatic amines is 1. The minimum absolute atomic E-state index is 0.804. The maximum absolute atomic E-state index is 4.56. The Balaban J connectivity index is 1.79. The zero-order valence-electron chi connectivity index (χ0n) is 14.4. The zero-order valence-corrected chi connectivity index (χ0v) is 14.4. The molecule has 1 aromatic carbocycles. The Morgan fingerprint density at radius 3 is 2.80 bits per heavy atom. The number of nitrogens with one attached hydrogen (secondary N) is 1. The number of hydrogen-bond acceptors (Lipinski definition) is 2. The molecule has 25 heavy (non-hydrogen) atoms. The summed E-state index contributed by atoms with van der Waals surface area (Å²) >= 11 is 0. The van der Waals surface area contributed by atoms with E-state index in [1.165, 1.54) is 22.1 Å². The van der Waals surface area contributed by atoms with Gasteiger partial charge in [-0.2, -0.15) is 0 Å². The average molecular weight is 328 g/mol. The molecule has 1 aliphatic heterocycles. The molecule has 0 bridgehead atoms. The van der Waals surface area contributed by atoms with Gasteiger partial charge < -0.3 is 9.88 Å². The first-order valence-corrected chi connectivity index (χ1v) is 8.39. The van der Waals surface area contributed by atoms with E-state index in [0.717, 1.165) is 23.5 Å². The van der Waals surface area contributed by atoms with Crippen molar-refractivity contribution in [3.63, 3.8) is 0 Å². The van der Waals surface area contributed by atoms with E-state index < -0.39 is 0 Å². The van der Waals surface area contributed by atoms with Gasteiger partial charge in [0.15, 0.2) is 0 Å². The smallest absolute Gasteiger partial charge is 0.135 e. The Morgan fingerprint density at radius 1 is 1.20 bits per heavy atom. The van der Waals surface area contributed by atoms with Gasteiger partial charge in [-0.3, -0.25) is 9.98 Å². The third-order valence-corrected chi connectivity index (χ3v) is 4.56. The minimum Gasteiger partial charge on any atom is -0.359 e. The van der Waals surface area contributed by atoms with Crippen molar-refractivity contribution in [3.8, 4) is 0 Å². The lowest BCUT2D eigenvalue weighted by Gasteiger charge is -2.17. The molecule has 0 spiro atoms. The van der Waals surface area contributed by atoms with Gasteiger partial charge in [0, 0.05) is 54.3 Å². The van der Waals surface area contributed by atoms with Crippen LogP contribution in [-0.2, 0) is 6.54 Å². The highest BCUT2D eigenvalue weighted by Gasteiger charge is 2.27. The maximum atomic E-state index is 4.56. The van der Waals surface area contributed by atoms with Crippen molar-refractivity contribution in [2.24, 2.45) is 4.99 Å². The highest BCUT2D eigenvalue weighted by atomic mass is 15.2. The summed E-state index contributed by atoms with van der Waals surface area (Å²) in [7, 11) is 1.85. The highest BCUT2D eigenvalue weighted by molar-refractivity contribution is 6.18. The van der Waals surface area contributed by atoms with Crippen molar-refractivity contribution in [2.45, 2.75) is 13.5 Å². The van der Waals surface area contributed by atoms with Gasteiger partial charge in [-0.25, -0.2) is 0 Å². The van der Waals surface area contributed by atoms with Crippen LogP contribution in [0.25, 0.3) is 16.5 Å². The molecule has 0 fully saturated rings. The monoisotopic (exact) mass is 328 g/mol. The number of aromatic nitrogens is 2. The number of nitrogens with zero attached hydrogens (tertiary/aromatic N) is 3. The van der Waals surface area contributed by atoms with Crippen LogP contribution in [0.5, 0.6) is 0 Å². The van der Waals surface area contributed by atoms with E-state index in [0.29, 0.717) is 0 Å². The molecule has 4 nitrogen and oxygen atoms in total. The fourth-order valence-electron chi connectivity index (χ4n) is 3.41. The van der Waals surface area contributed by atoms with Gasteiger partial charge >= 0.3 is 0 Å². The van der Waals surface area contributed by atoms with Crippen molar-refractivity contribution in [2.75, 3.05) is 7.05 Å². The number of hydrogen-bond donors (Lipinski definition) is 1. The molecule has 1 aliphatic rings. The SMILES string of the molecule is C/C=C1/C(c2c[nH]c3cnccc23)=CN(Cc2ccccc2)C1=NC. The number of benzene rings is 1. The summed E-state index contributed by atoms with van der Waals surface area (Å²) in [4.78, 5) is 14.3. The van der Waals surface area contributed by atoms with Gasteiger partial charge in [0.2, 0.25) is 0 Å². The van der Waals surface area contributed by atoms with Crippen molar-refractivity contribution >= 4 is 22.3 Å². The van der Waals surface area contributed by atoms with Crippen LogP contribution in [0.1, 0.15) is 18.1 Å². The van der Waals surface area contributed by atoms with Gasteiger partial charge in [0.05, 0.1) is 11.7 Å². The average Bonchev–Trinajstić information content (AvgIpc) is 3.23. The second kappa shape index (κ2) is 6.40. The van der Waals surface area contributed by atoms with E-state index in [-0.39, 0.29) is 0 Å². The van der Waals surface area contributed by atoms with E-state index in [1.54, 1.807) is 0 Å². The molecule has 124 valence electrons. The molecule has 1 N–H and O–H groups in total. The molecule has 0 unspecified atom stereocenters. The molecule has 3 aromatic rings. The number of amidine groups is 1. The predicted octanol–water partition coefficient (Wildman–Crippen LogP) is 4.39. The van der Waals surface area contributed by atoms with Gasteiger partial charge in [0.25, 0.3) is 0 Å². The van der Waals surface area contributed by atoms with E-state index >= 15 is 0 Å². The summed E-state index contributed by atoms with van der Waals surface area (Å²) < 4.78 is 0. The van der Waals surface area contributed by atoms with E-state index in [9.17, 15) is 0 Å². The van der Waals surface area contributed by atoms with E-state index in [1.807, 2.05) is 25.5 Å². The fourth-order valence-corrected chi connectivity index (χ4v) is 3.41. The van der Waals surface area contributed by atoms with Crippen LogP contribution in [-0.4, -0.2) is 27.8 Å². The lowest BCUT2D eigenvalue weighted by molar-refractivity contribution is 0.563. The van der Waals surface area contributed by atoms with Crippen molar-refractivity contribution < 1.29 is 0 Å². The molecule has 0 saturated carbocycles. The fraction of sp³-hybridized carbons (Fsp3) is 0.143. The molecular formula is C21H20N4. The first-order chi connectivity index (χ1) is 12.3. The van der Waals surface area contributed by atoms with E-state index in [4.69, 9.17) is 0 Å². The third kappa shape index (κ3) is 2.66. The Labute approximate surface area is 147 Å². The Hall–Kier alpha value is -3.14. The highest BCUT2D eigenvalue weighted by Crippen LogP contribution is 2.36. The molecule has 4 rings (SSSR count). The third-order valence-electron chi connectivity index (χ3n) is 4.56. The zero-order chi connectivity index (χ0) is 17.2. The molecule has 0 aliphatic carbocycles. The molecule has 3 heterocycles. The van der Waals surface area contributed by atoms with Crippen LogP contribution < -0.4 is 0 Å². The summed E-state index contributed by atoms with van der Waals surface area (Å²) in [5, 5.41) is 1.18. The van der Waals surface area contributed by atoms with E-state index in [2.05, 4.69) is 75.6 Å². The number of pyridine rings is 1. The Kier molecular flexibility index (Phi) is 3.94. The van der Waals surface area contributed by atoms with Gasteiger partial charge in [0.1, 0.15) is 5.84 Å². The number of H-pyrrole nitrogens is 1. The first-order valence-electron chi connectivity index (χ1n) is 8.39. The summed E-state index contributed by atoms with van der Waals surface area (Å²) in [5.41, 5.74) is 5.85. The normalized spacial score (nSPS) is 17.7. The second-order valence-corrected chi connectivity index (χ2v) is 6.03. The van der Waals surface area contributed by atoms with Crippen molar-refractivity contribution in [1.82, 2.24) is 14.9 Å². The molecule has 4 heteroatoms. The summed E-state index contributed by atoms with van der Waals surface area (Å²) in [6.07, 6.45) is 10.1. The standard InChI is InChI=1S/C21H20N4/c1-3-16-19(18-11-24-20-12-23-10-9-17(18)20)14-25(21(16)22-2)13-15-7-5-4-6-8-15/h3-12,14,24H,13H2,1-2H3/b16-3-,22-21?. The molecule has 0 saturated heterocycles. The second-order valence-electron chi connectivity index (χ2n) is 6.03. The van der Waals surface area contributed by atoms with Crippen molar-refractivity contribution in [3.05, 3.63) is 84.0 Å². The lowest BCUT2D eigenvalue weighted by Crippen LogP contribution is -2.22. The molecular weight excluding hydrogens is 308 g/mol. The summed E-state index contributed by atoms with van der Waals surface area (Å²) in [5.74, 6) is 1.00. The maximum Gasteiger partial charge on any atom is 0.135 e. The van der Waals surface area contributed by atoms with Crippen LogP contribution in [0.3, 0.4) is 0 Å². The van der Waals surface area contributed by atoms with Gasteiger partial charge in [-0.1, -0.05) is 36.4 Å². The topological polar surface area (TPSA) is 44.3 Å². The molecule has 0 radical (unpaired) electrons. The Bertz CT molecular complexity index is 993. The van der Waals surface area contributed by atoms with Crippen LogP contribution in [0.15, 0.2) is 77.8 Å². The summed E-state index contributed by atoms with van der Waals surface area (Å²) in [6, 6.07) is 12.5. The molecule has 0 amide bonds. The number of rotatable bonds is 3. The predicted molar refractivity (Wildman–Crippen MR) is 103 cm³/mol. The van der Waals surface area contributed by atoms with Crippen LogP contribution in [0, 0.1) is 0 Å². The van der Waals surface area contributed by atoms with Crippen LogP contribution >= 0.6 is 0 Å². The van der Waals surface area contributed by atoms with Crippen LogP contribution in [0.4, 0.5) is 0 Å². The number of aliphatic imine (C=N–C) groups is 1. The largest absolute Gasteiger partial charge is 0.359 e.